The van der Waals surface area contributed by atoms with Crippen molar-refractivity contribution in [1.82, 2.24) is 14.8 Å². The van der Waals surface area contributed by atoms with Crippen molar-refractivity contribution in [3.63, 3.8) is 0 Å². The van der Waals surface area contributed by atoms with Crippen LogP contribution in [-0.4, -0.2) is 47.6 Å². The smallest absolute Gasteiger partial charge is 0.293 e. The molecule has 0 N–H and O–H groups in total. The second kappa shape index (κ2) is 5.98. The van der Waals surface area contributed by atoms with Gasteiger partial charge in [-0.3, -0.25) is 0 Å². The first-order valence-electron chi connectivity index (χ1n) is 5.45. The quantitative estimate of drug-likeness (QED) is 0.450. The number of carbonyl (C=O) groups is 1. The van der Waals surface area contributed by atoms with Gasteiger partial charge in [-0.1, -0.05) is 11.6 Å². The number of rotatable bonds is 4. The second-order valence-electron chi connectivity index (χ2n) is 3.82. The van der Waals surface area contributed by atoms with Gasteiger partial charge in [-0.05, 0) is 25.9 Å². The van der Waals surface area contributed by atoms with Gasteiger partial charge in [-0.15, -0.1) is 0 Å². The molecule has 2 rings (SSSR count). The second-order valence-corrected chi connectivity index (χ2v) is 4.20. The lowest BCUT2D eigenvalue weighted by molar-refractivity contribution is 0.130. The molecule has 1 aromatic rings. The number of hydrogen-bond acceptors (Lipinski definition) is 5. The molecule has 1 aromatic heterocycles. The highest BCUT2D eigenvalue weighted by Gasteiger charge is 2.20. The van der Waals surface area contributed by atoms with E-state index in [1.54, 1.807) is 13.5 Å². The average Bonchev–Trinajstić information content (AvgIpc) is 2.32. The Balaban J connectivity index is 1.83. The van der Waals surface area contributed by atoms with Crippen LogP contribution in [0, 0.1) is 0 Å². The SMILES string of the molecule is O=C[B]N1CCC(Oc2cc(Cl)ncn2)CC1. The van der Waals surface area contributed by atoms with E-state index in [-0.39, 0.29) is 6.10 Å². The van der Waals surface area contributed by atoms with Gasteiger partial charge in [0.2, 0.25) is 5.88 Å². The topological polar surface area (TPSA) is 55.3 Å². The van der Waals surface area contributed by atoms with Crippen LogP contribution in [0.2, 0.25) is 5.15 Å². The van der Waals surface area contributed by atoms with E-state index >= 15 is 0 Å². The highest BCUT2D eigenvalue weighted by Crippen LogP contribution is 2.18. The number of aromatic nitrogens is 2. The van der Waals surface area contributed by atoms with Crippen molar-refractivity contribution in [1.29, 1.82) is 0 Å². The van der Waals surface area contributed by atoms with E-state index in [2.05, 4.69) is 9.97 Å². The predicted molar refractivity (Wildman–Crippen MR) is 64.8 cm³/mol. The molecule has 0 aromatic carbocycles. The molecule has 1 radical (unpaired) electrons. The minimum atomic E-state index is 0.122. The standard InChI is InChI=1S/C10H12BClN3O2/c12-9-5-10(14-7-13-9)17-8-1-3-15(4-2-8)11-6-16/h5-8H,1-4H2. The number of piperidine rings is 1. The van der Waals surface area contributed by atoms with Crippen molar-refractivity contribution in [3.8, 4) is 5.88 Å². The van der Waals surface area contributed by atoms with Crippen LogP contribution in [0.4, 0.5) is 0 Å². The lowest BCUT2D eigenvalue weighted by Crippen LogP contribution is -2.40. The molecule has 5 nitrogen and oxygen atoms in total. The fraction of sp³-hybridized carbons (Fsp3) is 0.500. The highest BCUT2D eigenvalue weighted by molar-refractivity contribution is 6.64. The molecule has 1 fully saturated rings. The van der Waals surface area contributed by atoms with E-state index in [1.807, 2.05) is 4.81 Å². The van der Waals surface area contributed by atoms with Crippen LogP contribution >= 0.6 is 11.6 Å². The first-order chi connectivity index (χ1) is 8.28. The third-order valence-corrected chi connectivity index (χ3v) is 2.85. The molecule has 0 atom stereocenters. The van der Waals surface area contributed by atoms with Crippen molar-refractivity contribution >= 4 is 25.2 Å². The third kappa shape index (κ3) is 3.68. The average molecular weight is 252 g/mol. The zero-order chi connectivity index (χ0) is 12.1. The van der Waals surface area contributed by atoms with Crippen molar-refractivity contribution < 1.29 is 9.53 Å². The Morgan fingerprint density at radius 1 is 1.47 bits per heavy atom. The number of nitrogens with zero attached hydrogens (tertiary/aromatic N) is 3. The summed E-state index contributed by atoms with van der Waals surface area (Å²) in [6.07, 6.45) is 4.05. The molecule has 0 amide bonds. The van der Waals surface area contributed by atoms with Gasteiger partial charge in [0.05, 0.1) is 6.19 Å². The molecule has 1 aliphatic heterocycles. The molecule has 0 aliphatic carbocycles. The number of halogens is 1. The van der Waals surface area contributed by atoms with Crippen molar-refractivity contribution in [3.05, 3.63) is 17.5 Å². The van der Waals surface area contributed by atoms with Gasteiger partial charge < -0.3 is 14.3 Å². The Kier molecular flexibility index (Phi) is 4.33. The minimum Gasteiger partial charge on any atom is -0.474 e. The molecule has 2 heterocycles. The van der Waals surface area contributed by atoms with E-state index in [0.717, 1.165) is 32.1 Å². The molecule has 1 aliphatic rings. The molecule has 89 valence electrons. The van der Waals surface area contributed by atoms with Gasteiger partial charge in [0.15, 0.2) is 0 Å². The first-order valence-corrected chi connectivity index (χ1v) is 5.82. The maximum atomic E-state index is 10.3. The summed E-state index contributed by atoms with van der Waals surface area (Å²) in [5, 5.41) is 0.377. The molecule has 0 spiro atoms. The zero-order valence-corrected chi connectivity index (χ0v) is 10.0. The number of ether oxygens (including phenoxy) is 1. The van der Waals surface area contributed by atoms with Gasteiger partial charge in [-0.2, -0.15) is 0 Å². The summed E-state index contributed by atoms with van der Waals surface area (Å²) in [5.74, 6) is 0.503. The van der Waals surface area contributed by atoms with E-state index in [0.29, 0.717) is 11.0 Å². The first kappa shape index (κ1) is 12.3. The van der Waals surface area contributed by atoms with Crippen LogP contribution in [-0.2, 0) is 4.79 Å². The molecular formula is C10H12BClN3O2. The van der Waals surface area contributed by atoms with Gasteiger partial charge in [0, 0.05) is 6.07 Å². The maximum Gasteiger partial charge on any atom is 0.293 e. The van der Waals surface area contributed by atoms with Crippen molar-refractivity contribution in [2.24, 2.45) is 0 Å². The zero-order valence-electron chi connectivity index (χ0n) is 9.25. The van der Waals surface area contributed by atoms with Gasteiger partial charge >= 0.3 is 0 Å². The molecule has 0 bridgehead atoms. The molecule has 0 unspecified atom stereocenters. The monoisotopic (exact) mass is 252 g/mol. The summed E-state index contributed by atoms with van der Waals surface area (Å²) < 4.78 is 5.70. The third-order valence-electron chi connectivity index (χ3n) is 2.64. The summed E-state index contributed by atoms with van der Waals surface area (Å²) in [7, 11) is 1.57. The lowest BCUT2D eigenvalue weighted by Gasteiger charge is -2.30. The highest BCUT2D eigenvalue weighted by atomic mass is 35.5. The van der Waals surface area contributed by atoms with Crippen LogP contribution in [0.15, 0.2) is 12.4 Å². The predicted octanol–water partition coefficient (Wildman–Crippen LogP) is 0.783. The van der Waals surface area contributed by atoms with E-state index in [9.17, 15) is 4.79 Å². The summed E-state index contributed by atoms with van der Waals surface area (Å²) in [6, 6.07) is 1.60. The van der Waals surface area contributed by atoms with Crippen molar-refractivity contribution in [2.45, 2.75) is 18.9 Å². The summed E-state index contributed by atoms with van der Waals surface area (Å²) >= 11 is 5.74. The van der Waals surface area contributed by atoms with Crippen LogP contribution in [0.3, 0.4) is 0 Å². The lowest BCUT2D eigenvalue weighted by atomic mass is 9.90. The van der Waals surface area contributed by atoms with Crippen LogP contribution in [0.5, 0.6) is 5.88 Å². The van der Waals surface area contributed by atoms with E-state index in [1.165, 1.54) is 6.33 Å². The normalized spacial score (nSPS) is 17.7. The fourth-order valence-electron chi connectivity index (χ4n) is 1.78. The summed E-state index contributed by atoms with van der Waals surface area (Å²) in [6.45, 7) is 1.64. The Morgan fingerprint density at radius 3 is 2.88 bits per heavy atom. The Labute approximate surface area is 105 Å². The summed E-state index contributed by atoms with van der Waals surface area (Å²) in [5.41, 5.74) is 0. The van der Waals surface area contributed by atoms with Crippen LogP contribution in [0.1, 0.15) is 12.8 Å². The minimum absolute atomic E-state index is 0.122. The van der Waals surface area contributed by atoms with Crippen LogP contribution in [0.25, 0.3) is 0 Å². The van der Waals surface area contributed by atoms with E-state index in [4.69, 9.17) is 16.3 Å². The molecular weight excluding hydrogens is 240 g/mol. The Morgan fingerprint density at radius 2 is 2.24 bits per heavy atom. The Hall–Kier alpha value is -1.14. The number of carbonyl (C=O) groups excluding carboxylic acids is 1. The molecule has 7 heteroatoms. The number of hydrogen-bond donors (Lipinski definition) is 0. The fourth-order valence-corrected chi connectivity index (χ4v) is 1.92. The Bertz CT molecular complexity index is 386. The van der Waals surface area contributed by atoms with E-state index < -0.39 is 0 Å². The molecule has 0 saturated carbocycles. The molecule has 17 heavy (non-hydrogen) atoms. The molecule has 1 saturated heterocycles. The van der Waals surface area contributed by atoms with Gasteiger partial charge in [0.1, 0.15) is 17.6 Å². The van der Waals surface area contributed by atoms with Crippen molar-refractivity contribution in [2.75, 3.05) is 13.1 Å². The largest absolute Gasteiger partial charge is 0.474 e. The maximum absolute atomic E-state index is 10.3. The summed E-state index contributed by atoms with van der Waals surface area (Å²) in [4.78, 5) is 20.1. The van der Waals surface area contributed by atoms with Crippen LogP contribution < -0.4 is 4.74 Å². The van der Waals surface area contributed by atoms with Gasteiger partial charge in [0.25, 0.3) is 7.41 Å². The van der Waals surface area contributed by atoms with Gasteiger partial charge in [-0.25, -0.2) is 9.97 Å².